The molecular weight excluding hydrogens is 234 g/mol. The minimum absolute atomic E-state index is 0.0181. The number of phenols is 1. The molecule has 0 amide bonds. The number of rotatable bonds is 3. The Morgan fingerprint density at radius 1 is 1.50 bits per heavy atom. The Morgan fingerprint density at radius 2 is 2.25 bits per heavy atom. The van der Waals surface area contributed by atoms with Crippen molar-refractivity contribution in [3.8, 4) is 17.2 Å². The van der Waals surface area contributed by atoms with E-state index < -0.39 is 0 Å². The van der Waals surface area contributed by atoms with E-state index in [4.69, 9.17) is 25.9 Å². The zero-order valence-corrected chi connectivity index (χ0v) is 9.50. The van der Waals surface area contributed by atoms with Gasteiger partial charge in [-0.3, -0.25) is 0 Å². The first-order valence-corrected chi connectivity index (χ1v) is 5.17. The highest BCUT2D eigenvalue weighted by Crippen LogP contribution is 2.43. The number of phenolic OH excluding ortho intramolecular Hbond substituents is 1. The molecule has 1 aromatic carbocycles. The van der Waals surface area contributed by atoms with Gasteiger partial charge in [0.15, 0.2) is 11.5 Å². The lowest BCUT2D eigenvalue weighted by Crippen LogP contribution is -2.19. The SMILES string of the molecule is CONCc1c(O)c(Cl)cc2c1OCCO2. The van der Waals surface area contributed by atoms with Gasteiger partial charge >= 0.3 is 0 Å². The molecule has 2 rings (SSSR count). The number of hydrogen-bond donors (Lipinski definition) is 2. The summed E-state index contributed by atoms with van der Waals surface area (Å²) in [5.41, 5.74) is 3.16. The van der Waals surface area contributed by atoms with Crippen molar-refractivity contribution in [1.82, 2.24) is 5.48 Å². The molecule has 2 N–H and O–H groups in total. The number of ether oxygens (including phenoxy) is 2. The maximum atomic E-state index is 9.82. The lowest BCUT2D eigenvalue weighted by molar-refractivity contribution is 0.0842. The summed E-state index contributed by atoms with van der Waals surface area (Å²) in [5.74, 6) is 1.04. The number of hydrogen-bond acceptors (Lipinski definition) is 5. The lowest BCUT2D eigenvalue weighted by atomic mass is 10.1. The van der Waals surface area contributed by atoms with Crippen molar-refractivity contribution in [1.29, 1.82) is 0 Å². The molecule has 0 aromatic heterocycles. The van der Waals surface area contributed by atoms with Gasteiger partial charge in [0.05, 0.1) is 24.2 Å². The van der Waals surface area contributed by atoms with Crippen molar-refractivity contribution in [2.75, 3.05) is 20.3 Å². The van der Waals surface area contributed by atoms with E-state index in [0.29, 0.717) is 30.3 Å². The molecule has 0 saturated heterocycles. The maximum Gasteiger partial charge on any atom is 0.169 e. The van der Waals surface area contributed by atoms with Gasteiger partial charge in [-0.2, -0.15) is 5.48 Å². The molecule has 0 bridgehead atoms. The predicted octanol–water partition coefficient (Wildman–Crippen LogP) is 1.47. The molecule has 0 fully saturated rings. The van der Waals surface area contributed by atoms with Crippen LogP contribution in [0.5, 0.6) is 17.2 Å². The van der Waals surface area contributed by atoms with Crippen molar-refractivity contribution < 1.29 is 19.4 Å². The normalized spacial score (nSPS) is 13.9. The zero-order valence-electron chi connectivity index (χ0n) is 8.75. The number of benzene rings is 1. The van der Waals surface area contributed by atoms with E-state index in [1.165, 1.54) is 7.11 Å². The molecule has 1 aliphatic rings. The molecule has 6 heteroatoms. The Bertz CT molecular complexity index is 397. The van der Waals surface area contributed by atoms with Crippen LogP contribution in [0, 0.1) is 0 Å². The Kier molecular flexibility index (Phi) is 3.38. The highest BCUT2D eigenvalue weighted by molar-refractivity contribution is 6.32. The second-order valence-corrected chi connectivity index (χ2v) is 3.64. The molecule has 0 radical (unpaired) electrons. The molecule has 0 aliphatic carbocycles. The first-order chi connectivity index (χ1) is 7.74. The monoisotopic (exact) mass is 245 g/mol. The Labute approximate surface area is 97.8 Å². The average Bonchev–Trinajstić information content (AvgIpc) is 2.30. The van der Waals surface area contributed by atoms with E-state index >= 15 is 0 Å². The van der Waals surface area contributed by atoms with Crippen LogP contribution in [0.2, 0.25) is 5.02 Å². The molecule has 0 spiro atoms. The van der Waals surface area contributed by atoms with Crippen LogP contribution in [0.1, 0.15) is 5.56 Å². The topological polar surface area (TPSA) is 60.0 Å². The van der Waals surface area contributed by atoms with Gasteiger partial charge in [0.1, 0.15) is 19.0 Å². The number of aromatic hydroxyl groups is 1. The van der Waals surface area contributed by atoms with Gasteiger partial charge in [-0.05, 0) is 0 Å². The second-order valence-electron chi connectivity index (χ2n) is 3.23. The molecule has 0 saturated carbocycles. The summed E-state index contributed by atoms with van der Waals surface area (Å²) < 4.78 is 10.8. The van der Waals surface area contributed by atoms with Gasteiger partial charge in [-0.15, -0.1) is 0 Å². The molecule has 1 heterocycles. The van der Waals surface area contributed by atoms with Crippen molar-refractivity contribution in [3.63, 3.8) is 0 Å². The van der Waals surface area contributed by atoms with Crippen molar-refractivity contribution >= 4 is 11.6 Å². The van der Waals surface area contributed by atoms with Crippen LogP contribution < -0.4 is 15.0 Å². The summed E-state index contributed by atoms with van der Waals surface area (Å²) in [5, 5.41) is 10.1. The van der Waals surface area contributed by atoms with Crippen molar-refractivity contribution in [2.24, 2.45) is 0 Å². The maximum absolute atomic E-state index is 9.82. The molecular formula is C10H12ClNO4. The van der Waals surface area contributed by atoms with Gasteiger partial charge in [0.2, 0.25) is 0 Å². The van der Waals surface area contributed by atoms with Crippen LogP contribution in [0.15, 0.2) is 6.07 Å². The van der Waals surface area contributed by atoms with Crippen molar-refractivity contribution in [2.45, 2.75) is 6.54 Å². The number of halogens is 1. The summed E-state index contributed by atoms with van der Waals surface area (Å²) in [6, 6.07) is 1.54. The zero-order chi connectivity index (χ0) is 11.5. The van der Waals surface area contributed by atoms with Crippen LogP contribution in [-0.4, -0.2) is 25.4 Å². The summed E-state index contributed by atoms with van der Waals surface area (Å²) in [4.78, 5) is 4.73. The van der Waals surface area contributed by atoms with Crippen LogP contribution >= 0.6 is 11.6 Å². The van der Waals surface area contributed by atoms with Gasteiger partial charge in [0.25, 0.3) is 0 Å². The summed E-state index contributed by atoms with van der Waals surface area (Å²) in [6.07, 6.45) is 0. The summed E-state index contributed by atoms with van der Waals surface area (Å²) in [6.45, 7) is 1.22. The third kappa shape index (κ3) is 2.02. The molecule has 0 atom stereocenters. The van der Waals surface area contributed by atoms with Gasteiger partial charge in [0, 0.05) is 6.07 Å². The molecule has 16 heavy (non-hydrogen) atoms. The first kappa shape index (κ1) is 11.3. The van der Waals surface area contributed by atoms with Crippen LogP contribution in [-0.2, 0) is 11.4 Å². The average molecular weight is 246 g/mol. The van der Waals surface area contributed by atoms with Gasteiger partial charge in [-0.25, -0.2) is 0 Å². The van der Waals surface area contributed by atoms with E-state index in [0.717, 1.165) is 0 Å². The van der Waals surface area contributed by atoms with E-state index in [-0.39, 0.29) is 17.3 Å². The molecule has 5 nitrogen and oxygen atoms in total. The standard InChI is InChI=1S/C10H12ClNO4/c1-14-12-5-6-9(13)7(11)4-8-10(6)16-3-2-15-8/h4,12-13H,2-3,5H2,1H3. The Morgan fingerprint density at radius 3 is 3.00 bits per heavy atom. The highest BCUT2D eigenvalue weighted by Gasteiger charge is 2.21. The molecule has 0 unspecified atom stereocenters. The molecule has 88 valence electrons. The second kappa shape index (κ2) is 4.78. The minimum atomic E-state index is -0.0181. The minimum Gasteiger partial charge on any atom is -0.506 e. The summed E-state index contributed by atoms with van der Waals surface area (Å²) in [7, 11) is 1.49. The number of nitrogens with one attached hydrogen (secondary N) is 1. The lowest BCUT2D eigenvalue weighted by Gasteiger charge is -2.22. The van der Waals surface area contributed by atoms with Crippen LogP contribution in [0.4, 0.5) is 0 Å². The van der Waals surface area contributed by atoms with Crippen molar-refractivity contribution in [3.05, 3.63) is 16.7 Å². The fourth-order valence-corrected chi connectivity index (χ4v) is 1.73. The molecule has 1 aromatic rings. The number of hydroxylamine groups is 1. The fraction of sp³-hybridized carbons (Fsp3) is 0.400. The predicted molar refractivity (Wildman–Crippen MR) is 58.0 cm³/mol. The number of fused-ring (bicyclic) bond motifs is 1. The van der Waals surface area contributed by atoms with Gasteiger partial charge < -0.3 is 19.4 Å². The Balaban J connectivity index is 2.41. The largest absolute Gasteiger partial charge is 0.506 e. The van der Waals surface area contributed by atoms with E-state index in [1.54, 1.807) is 6.07 Å². The van der Waals surface area contributed by atoms with E-state index in [2.05, 4.69) is 5.48 Å². The summed E-state index contributed by atoms with van der Waals surface area (Å²) >= 11 is 5.88. The van der Waals surface area contributed by atoms with E-state index in [9.17, 15) is 5.11 Å². The quantitative estimate of drug-likeness (QED) is 0.790. The van der Waals surface area contributed by atoms with Gasteiger partial charge in [-0.1, -0.05) is 11.6 Å². The third-order valence-corrected chi connectivity index (χ3v) is 2.54. The Hall–Kier alpha value is -1.17. The first-order valence-electron chi connectivity index (χ1n) is 4.80. The van der Waals surface area contributed by atoms with Crippen LogP contribution in [0.25, 0.3) is 0 Å². The van der Waals surface area contributed by atoms with E-state index in [1.807, 2.05) is 0 Å². The smallest absolute Gasteiger partial charge is 0.169 e. The van der Waals surface area contributed by atoms with Crippen LogP contribution in [0.3, 0.4) is 0 Å². The highest BCUT2D eigenvalue weighted by atomic mass is 35.5. The third-order valence-electron chi connectivity index (χ3n) is 2.25. The fourth-order valence-electron chi connectivity index (χ4n) is 1.52. The molecule has 1 aliphatic heterocycles.